The number of piperidine rings is 1. The number of rotatable bonds is 4. The molecule has 1 aromatic carbocycles. The summed E-state index contributed by atoms with van der Waals surface area (Å²) < 4.78 is 1.73. The second-order valence-corrected chi connectivity index (χ2v) is 8.35. The molecule has 0 aliphatic carbocycles. The number of amides is 2. The fourth-order valence-electron chi connectivity index (χ4n) is 4.32. The van der Waals surface area contributed by atoms with Crippen LogP contribution in [0, 0.1) is 11.3 Å². The number of carbonyl (C=O) groups excluding carboxylic acids is 1. The van der Waals surface area contributed by atoms with Gasteiger partial charge in [0.25, 0.3) is 5.91 Å². The number of aromatic nitrogens is 5. The number of carboxylic acid groups (broad SMARTS) is 1. The van der Waals surface area contributed by atoms with E-state index in [0.29, 0.717) is 52.9 Å². The van der Waals surface area contributed by atoms with Gasteiger partial charge in [-0.1, -0.05) is 12.1 Å². The summed E-state index contributed by atoms with van der Waals surface area (Å²) in [5, 5.41) is 26.5. The number of nitrogens with one attached hydrogen (secondary N) is 1. The molecule has 0 spiro atoms. The predicted molar refractivity (Wildman–Crippen MR) is 130 cm³/mol. The summed E-state index contributed by atoms with van der Waals surface area (Å²) in [7, 11) is 0. The van der Waals surface area contributed by atoms with Gasteiger partial charge in [0.15, 0.2) is 5.65 Å². The highest BCUT2D eigenvalue weighted by Crippen LogP contribution is 2.33. The molecule has 0 radical (unpaired) electrons. The minimum Gasteiger partial charge on any atom is -0.465 e. The zero-order chi connectivity index (χ0) is 25.2. The maximum absolute atomic E-state index is 12.7. The van der Waals surface area contributed by atoms with Crippen LogP contribution >= 0.6 is 0 Å². The summed E-state index contributed by atoms with van der Waals surface area (Å²) in [6, 6.07) is 11.6. The SMILES string of the molecule is N#Cc1ccnc(NC(=O)c2ccc(-c3nn(C4CCCN(C(=O)O)C4)c4ncnc(N)c34)cc2)c1. The summed E-state index contributed by atoms with van der Waals surface area (Å²) >= 11 is 0. The van der Waals surface area contributed by atoms with Crippen LogP contribution in [0.4, 0.5) is 16.4 Å². The summed E-state index contributed by atoms with van der Waals surface area (Å²) in [5.41, 5.74) is 8.75. The lowest BCUT2D eigenvalue weighted by atomic mass is 10.1. The lowest BCUT2D eigenvalue weighted by Gasteiger charge is -2.30. The normalized spacial score (nSPS) is 15.4. The largest absolute Gasteiger partial charge is 0.465 e. The van der Waals surface area contributed by atoms with Crippen molar-refractivity contribution in [2.45, 2.75) is 18.9 Å². The molecular formula is C24H21N9O3. The quantitative estimate of drug-likeness (QED) is 0.394. The van der Waals surface area contributed by atoms with E-state index in [-0.39, 0.29) is 23.6 Å². The first-order chi connectivity index (χ1) is 17.4. The van der Waals surface area contributed by atoms with Crippen LogP contribution in [0.3, 0.4) is 0 Å². The summed E-state index contributed by atoms with van der Waals surface area (Å²) in [6.45, 7) is 0.782. The summed E-state index contributed by atoms with van der Waals surface area (Å²) in [5.74, 6) is 0.163. The van der Waals surface area contributed by atoms with E-state index in [1.807, 2.05) is 6.07 Å². The van der Waals surface area contributed by atoms with E-state index in [0.717, 1.165) is 6.42 Å². The average molecular weight is 483 g/mol. The van der Waals surface area contributed by atoms with Crippen LogP contribution in [0.25, 0.3) is 22.3 Å². The van der Waals surface area contributed by atoms with Crippen molar-refractivity contribution in [1.82, 2.24) is 29.6 Å². The van der Waals surface area contributed by atoms with Crippen molar-refractivity contribution in [1.29, 1.82) is 5.26 Å². The van der Waals surface area contributed by atoms with Gasteiger partial charge in [-0.2, -0.15) is 10.4 Å². The van der Waals surface area contributed by atoms with Gasteiger partial charge in [0.1, 0.15) is 23.7 Å². The van der Waals surface area contributed by atoms with E-state index in [2.05, 4.69) is 20.3 Å². The number of likely N-dealkylation sites (tertiary alicyclic amines) is 1. The first kappa shape index (κ1) is 22.7. The van der Waals surface area contributed by atoms with E-state index in [1.165, 1.54) is 23.5 Å². The molecule has 2 amide bonds. The van der Waals surface area contributed by atoms with Gasteiger partial charge in [-0.25, -0.2) is 24.4 Å². The fraction of sp³-hybridized carbons (Fsp3) is 0.208. The van der Waals surface area contributed by atoms with Crippen molar-refractivity contribution < 1.29 is 14.7 Å². The number of hydrogen-bond acceptors (Lipinski definition) is 8. The Hall–Kier alpha value is -5.05. The molecule has 36 heavy (non-hydrogen) atoms. The number of carbonyl (C=O) groups is 2. The number of anilines is 2. The van der Waals surface area contributed by atoms with Crippen molar-refractivity contribution in [2.75, 3.05) is 24.1 Å². The van der Waals surface area contributed by atoms with Gasteiger partial charge in [0.05, 0.1) is 23.1 Å². The molecule has 180 valence electrons. The van der Waals surface area contributed by atoms with Crippen LogP contribution in [0.2, 0.25) is 0 Å². The van der Waals surface area contributed by atoms with Crippen LogP contribution in [-0.4, -0.2) is 59.8 Å². The average Bonchev–Trinajstić information content (AvgIpc) is 3.30. The lowest BCUT2D eigenvalue weighted by molar-refractivity contribution is 0.102. The van der Waals surface area contributed by atoms with E-state index >= 15 is 0 Å². The zero-order valence-electron chi connectivity index (χ0n) is 19.0. The number of nitrogens with two attached hydrogens (primary N) is 1. The number of pyridine rings is 1. The number of fused-ring (bicyclic) bond motifs is 1. The standard InChI is InChI=1S/C24H21N9O3/c25-11-14-7-8-27-18(10-14)30-23(34)16-5-3-15(4-6-16)20-19-21(26)28-13-29-22(19)33(31-20)17-2-1-9-32(12-17)24(35)36/h3-8,10,13,17H,1-2,9,12H2,(H,35,36)(H2,26,28,29)(H,27,30,34). The molecule has 12 nitrogen and oxygen atoms in total. The third-order valence-electron chi connectivity index (χ3n) is 6.08. The molecule has 12 heteroatoms. The van der Waals surface area contributed by atoms with Gasteiger partial charge >= 0.3 is 6.09 Å². The van der Waals surface area contributed by atoms with Crippen LogP contribution in [0.1, 0.15) is 34.8 Å². The Bertz CT molecular complexity index is 1510. The fourth-order valence-corrected chi connectivity index (χ4v) is 4.32. The van der Waals surface area contributed by atoms with Gasteiger partial charge in [0, 0.05) is 30.4 Å². The Balaban J connectivity index is 1.46. The first-order valence-corrected chi connectivity index (χ1v) is 11.2. The molecule has 1 aliphatic heterocycles. The molecule has 4 N–H and O–H groups in total. The Kier molecular flexibility index (Phi) is 5.87. The number of hydrogen-bond donors (Lipinski definition) is 3. The van der Waals surface area contributed by atoms with Crippen molar-refractivity contribution in [3.63, 3.8) is 0 Å². The molecular weight excluding hydrogens is 462 g/mol. The third kappa shape index (κ3) is 4.25. The van der Waals surface area contributed by atoms with Crippen molar-refractivity contribution in [2.24, 2.45) is 0 Å². The minimum absolute atomic E-state index is 0.192. The smallest absolute Gasteiger partial charge is 0.407 e. The first-order valence-electron chi connectivity index (χ1n) is 11.2. The number of nitriles is 1. The molecule has 4 heterocycles. The molecule has 5 rings (SSSR count). The Morgan fingerprint density at radius 2 is 1.97 bits per heavy atom. The predicted octanol–water partition coefficient (Wildman–Crippen LogP) is 2.91. The summed E-state index contributed by atoms with van der Waals surface area (Å²) in [4.78, 5) is 38.1. The van der Waals surface area contributed by atoms with Crippen LogP contribution in [0.15, 0.2) is 48.9 Å². The molecule has 4 aromatic rings. The molecule has 1 atom stereocenters. The molecule has 0 saturated carbocycles. The van der Waals surface area contributed by atoms with Crippen molar-refractivity contribution in [3.05, 3.63) is 60.0 Å². The molecule has 1 saturated heterocycles. The van der Waals surface area contributed by atoms with Gasteiger partial charge in [0.2, 0.25) is 0 Å². The van der Waals surface area contributed by atoms with Crippen molar-refractivity contribution in [3.8, 4) is 17.3 Å². The maximum atomic E-state index is 12.7. The van der Waals surface area contributed by atoms with Gasteiger partial charge < -0.3 is 21.1 Å². The maximum Gasteiger partial charge on any atom is 0.407 e. The highest BCUT2D eigenvalue weighted by Gasteiger charge is 2.28. The molecule has 0 bridgehead atoms. The monoisotopic (exact) mass is 483 g/mol. The minimum atomic E-state index is -0.964. The Morgan fingerprint density at radius 1 is 1.17 bits per heavy atom. The molecule has 1 aliphatic rings. The zero-order valence-corrected chi connectivity index (χ0v) is 19.0. The number of nitrogens with zero attached hydrogens (tertiary/aromatic N) is 7. The highest BCUT2D eigenvalue weighted by atomic mass is 16.4. The highest BCUT2D eigenvalue weighted by molar-refractivity contribution is 6.04. The van der Waals surface area contributed by atoms with E-state index in [1.54, 1.807) is 35.0 Å². The Morgan fingerprint density at radius 3 is 2.72 bits per heavy atom. The Labute approximate surface area is 205 Å². The van der Waals surface area contributed by atoms with Gasteiger partial charge in [-0.15, -0.1) is 0 Å². The third-order valence-corrected chi connectivity index (χ3v) is 6.08. The lowest BCUT2D eigenvalue weighted by Crippen LogP contribution is -2.40. The van der Waals surface area contributed by atoms with Gasteiger partial charge in [-0.3, -0.25) is 4.79 Å². The second kappa shape index (κ2) is 9.30. The second-order valence-electron chi connectivity index (χ2n) is 8.35. The van der Waals surface area contributed by atoms with Crippen molar-refractivity contribution >= 4 is 34.7 Å². The van der Waals surface area contributed by atoms with Gasteiger partial charge in [-0.05, 0) is 37.1 Å². The topological polar surface area (TPSA) is 176 Å². The molecule has 1 fully saturated rings. The molecule has 1 unspecified atom stereocenters. The van der Waals surface area contributed by atoms with Crippen LogP contribution < -0.4 is 11.1 Å². The summed E-state index contributed by atoms with van der Waals surface area (Å²) in [6.07, 6.45) is 3.32. The number of benzene rings is 1. The van der Waals surface area contributed by atoms with E-state index in [9.17, 15) is 14.7 Å². The van der Waals surface area contributed by atoms with Crippen LogP contribution in [-0.2, 0) is 0 Å². The molecule has 3 aromatic heterocycles. The van der Waals surface area contributed by atoms with Crippen LogP contribution in [0.5, 0.6) is 0 Å². The number of nitrogen functional groups attached to an aromatic ring is 1. The van der Waals surface area contributed by atoms with E-state index < -0.39 is 6.09 Å². The van der Waals surface area contributed by atoms with E-state index in [4.69, 9.17) is 16.1 Å².